The minimum absolute atomic E-state index is 0.00148. The Bertz CT molecular complexity index is 566. The van der Waals surface area contributed by atoms with Crippen molar-refractivity contribution in [1.82, 2.24) is 4.31 Å². The maximum Gasteiger partial charge on any atom is 0.242 e. The molecule has 0 radical (unpaired) electrons. The van der Waals surface area contributed by atoms with Gasteiger partial charge < -0.3 is 10.5 Å². The van der Waals surface area contributed by atoms with Crippen molar-refractivity contribution in [3.05, 3.63) is 23.8 Å². The highest BCUT2D eigenvalue weighted by molar-refractivity contribution is 7.89. The third-order valence-corrected chi connectivity index (χ3v) is 5.50. The lowest BCUT2D eigenvalue weighted by Crippen LogP contribution is -2.37. The molecule has 0 aromatic heterocycles. The maximum absolute atomic E-state index is 12.5. The summed E-state index contributed by atoms with van der Waals surface area (Å²) < 4.78 is 32.0. The van der Waals surface area contributed by atoms with Gasteiger partial charge in [0.05, 0.1) is 11.0 Å². The predicted octanol–water partition coefficient (Wildman–Crippen LogP) is 1.77. The summed E-state index contributed by atoms with van der Waals surface area (Å²) in [6.45, 7) is 2.92. The smallest absolute Gasteiger partial charge is 0.242 e. The lowest BCUT2D eigenvalue weighted by Gasteiger charge is -2.27. The van der Waals surface area contributed by atoms with Gasteiger partial charge in [0.1, 0.15) is 0 Å². The van der Waals surface area contributed by atoms with Gasteiger partial charge in [0, 0.05) is 25.9 Å². The van der Waals surface area contributed by atoms with Gasteiger partial charge in [-0.15, -0.1) is 0 Å². The first-order valence-corrected chi connectivity index (χ1v) is 8.29. The summed E-state index contributed by atoms with van der Waals surface area (Å²) in [6, 6.07) is 4.80. The summed E-state index contributed by atoms with van der Waals surface area (Å²) in [5.74, 6) is 0. The number of hydrogen-bond acceptors (Lipinski definition) is 4. The largest absolute Gasteiger partial charge is 0.399 e. The summed E-state index contributed by atoms with van der Waals surface area (Å²) in [4.78, 5) is 0.280. The zero-order chi connectivity index (χ0) is 14.8. The van der Waals surface area contributed by atoms with Crippen LogP contribution in [-0.4, -0.2) is 39.0 Å². The fraction of sp³-hybridized carbons (Fsp3) is 0.571. The molecule has 0 spiro atoms. The molecule has 2 N–H and O–H groups in total. The molecule has 0 bridgehead atoms. The first-order chi connectivity index (χ1) is 9.41. The fourth-order valence-electron chi connectivity index (χ4n) is 2.32. The second-order valence-corrected chi connectivity index (χ2v) is 7.34. The monoisotopic (exact) mass is 298 g/mol. The van der Waals surface area contributed by atoms with Crippen LogP contribution < -0.4 is 5.73 Å². The molecule has 5 nitrogen and oxygen atoms in total. The number of ether oxygens (including phenoxy) is 1. The van der Waals surface area contributed by atoms with E-state index in [2.05, 4.69) is 0 Å². The molecule has 0 aliphatic carbocycles. The minimum Gasteiger partial charge on any atom is -0.399 e. The van der Waals surface area contributed by atoms with Crippen molar-refractivity contribution < 1.29 is 13.2 Å². The van der Waals surface area contributed by atoms with Gasteiger partial charge in [-0.2, -0.15) is 4.31 Å². The molecule has 1 saturated heterocycles. The fourth-order valence-corrected chi connectivity index (χ4v) is 3.61. The Morgan fingerprint density at radius 2 is 2.15 bits per heavy atom. The lowest BCUT2D eigenvalue weighted by molar-refractivity contribution is 0.00858. The van der Waals surface area contributed by atoms with Gasteiger partial charge in [-0.1, -0.05) is 0 Å². The number of nitrogens with zero attached hydrogens (tertiary/aromatic N) is 1. The summed E-state index contributed by atoms with van der Waals surface area (Å²) in [5, 5.41) is 0. The highest BCUT2D eigenvalue weighted by atomic mass is 32.2. The lowest BCUT2D eigenvalue weighted by atomic mass is 10.1. The molecule has 112 valence electrons. The molecule has 20 heavy (non-hydrogen) atoms. The number of benzene rings is 1. The molecule has 1 aliphatic heterocycles. The van der Waals surface area contributed by atoms with Crippen LogP contribution in [0.25, 0.3) is 0 Å². The first-order valence-electron chi connectivity index (χ1n) is 6.85. The van der Waals surface area contributed by atoms with Crippen molar-refractivity contribution in [1.29, 1.82) is 0 Å². The van der Waals surface area contributed by atoms with E-state index in [1.54, 1.807) is 32.2 Å². The number of nitrogen functional groups attached to an aromatic ring is 1. The van der Waals surface area contributed by atoms with E-state index in [1.165, 1.54) is 4.31 Å². The zero-order valence-corrected chi connectivity index (χ0v) is 12.8. The third kappa shape index (κ3) is 3.31. The SMILES string of the molecule is Cc1cc(S(=O)(=O)N(C)CC2CCCCO2)ccc1N. The summed E-state index contributed by atoms with van der Waals surface area (Å²) in [7, 11) is -1.88. The van der Waals surface area contributed by atoms with E-state index in [0.717, 1.165) is 31.4 Å². The molecule has 1 aromatic rings. The van der Waals surface area contributed by atoms with E-state index in [1.807, 2.05) is 0 Å². The molecule has 1 aromatic carbocycles. The summed E-state index contributed by atoms with van der Waals surface area (Å²) in [6.07, 6.45) is 3.07. The van der Waals surface area contributed by atoms with Gasteiger partial charge in [-0.3, -0.25) is 0 Å². The molecule has 0 amide bonds. The van der Waals surface area contributed by atoms with Crippen LogP contribution in [0.2, 0.25) is 0 Å². The Morgan fingerprint density at radius 1 is 1.40 bits per heavy atom. The molecule has 6 heteroatoms. The molecular formula is C14H22N2O3S. The molecular weight excluding hydrogens is 276 g/mol. The molecule has 1 aliphatic rings. The van der Waals surface area contributed by atoms with Gasteiger partial charge in [-0.25, -0.2) is 8.42 Å². The van der Waals surface area contributed by atoms with Gasteiger partial charge in [0.15, 0.2) is 0 Å². The summed E-state index contributed by atoms with van der Waals surface area (Å²) >= 11 is 0. The van der Waals surface area contributed by atoms with Crippen LogP contribution in [0.3, 0.4) is 0 Å². The Morgan fingerprint density at radius 3 is 2.75 bits per heavy atom. The van der Waals surface area contributed by atoms with Crippen LogP contribution in [0.1, 0.15) is 24.8 Å². The molecule has 1 heterocycles. The van der Waals surface area contributed by atoms with Crippen molar-refractivity contribution in [3.63, 3.8) is 0 Å². The zero-order valence-electron chi connectivity index (χ0n) is 12.0. The van der Waals surface area contributed by atoms with E-state index in [0.29, 0.717) is 12.2 Å². The molecule has 2 rings (SSSR count). The van der Waals surface area contributed by atoms with Crippen molar-refractivity contribution in [2.75, 3.05) is 25.9 Å². The van der Waals surface area contributed by atoms with Crippen molar-refractivity contribution in [2.45, 2.75) is 37.2 Å². The normalized spacial score (nSPS) is 20.2. The van der Waals surface area contributed by atoms with Crippen LogP contribution in [0.4, 0.5) is 5.69 Å². The third-order valence-electron chi connectivity index (χ3n) is 3.68. The van der Waals surface area contributed by atoms with Crippen LogP contribution >= 0.6 is 0 Å². The van der Waals surface area contributed by atoms with Crippen LogP contribution in [-0.2, 0) is 14.8 Å². The van der Waals surface area contributed by atoms with Crippen molar-refractivity contribution in [2.24, 2.45) is 0 Å². The highest BCUT2D eigenvalue weighted by Gasteiger charge is 2.25. The molecule has 1 fully saturated rings. The number of sulfonamides is 1. The molecule has 0 saturated carbocycles. The van der Waals surface area contributed by atoms with E-state index < -0.39 is 10.0 Å². The minimum atomic E-state index is -3.48. The van der Waals surface area contributed by atoms with E-state index in [-0.39, 0.29) is 11.0 Å². The van der Waals surface area contributed by atoms with Gasteiger partial charge in [0.2, 0.25) is 10.0 Å². The number of nitrogens with two attached hydrogens (primary N) is 1. The Kier molecular flexibility index (Phi) is 4.67. The quantitative estimate of drug-likeness (QED) is 0.860. The average Bonchev–Trinajstić information content (AvgIpc) is 2.42. The first kappa shape index (κ1) is 15.3. The van der Waals surface area contributed by atoms with E-state index in [9.17, 15) is 8.42 Å². The molecule has 1 unspecified atom stereocenters. The summed E-state index contributed by atoms with van der Waals surface area (Å²) in [5.41, 5.74) is 7.10. The van der Waals surface area contributed by atoms with Crippen LogP contribution in [0.5, 0.6) is 0 Å². The Balaban J connectivity index is 2.13. The average molecular weight is 298 g/mol. The number of likely N-dealkylation sites (N-methyl/N-ethyl adjacent to an activating group) is 1. The second-order valence-electron chi connectivity index (χ2n) is 5.29. The van der Waals surface area contributed by atoms with E-state index in [4.69, 9.17) is 10.5 Å². The number of rotatable bonds is 4. The van der Waals surface area contributed by atoms with Crippen LogP contribution in [0.15, 0.2) is 23.1 Å². The number of anilines is 1. The van der Waals surface area contributed by atoms with Gasteiger partial charge in [0.25, 0.3) is 0 Å². The Hall–Kier alpha value is -1.11. The standard InChI is InChI=1S/C14H22N2O3S/c1-11-9-13(6-7-14(11)15)20(17,18)16(2)10-12-5-3-4-8-19-12/h6-7,9,12H,3-5,8,10,15H2,1-2H3. The predicted molar refractivity (Wildman–Crippen MR) is 79.0 cm³/mol. The highest BCUT2D eigenvalue weighted by Crippen LogP contribution is 2.21. The van der Waals surface area contributed by atoms with Gasteiger partial charge >= 0.3 is 0 Å². The number of aryl methyl sites for hydroxylation is 1. The van der Waals surface area contributed by atoms with E-state index >= 15 is 0 Å². The molecule has 1 atom stereocenters. The maximum atomic E-state index is 12.5. The van der Waals surface area contributed by atoms with Crippen molar-refractivity contribution in [3.8, 4) is 0 Å². The Labute approximate surface area is 120 Å². The number of hydrogen-bond donors (Lipinski definition) is 1. The van der Waals surface area contributed by atoms with Gasteiger partial charge in [-0.05, 0) is 49.9 Å². The second kappa shape index (κ2) is 6.11. The van der Waals surface area contributed by atoms with Crippen LogP contribution in [0, 0.1) is 6.92 Å². The topological polar surface area (TPSA) is 72.6 Å². The van der Waals surface area contributed by atoms with Crippen molar-refractivity contribution >= 4 is 15.7 Å².